The van der Waals surface area contributed by atoms with Crippen LogP contribution in [0.4, 0.5) is 0 Å². The zero-order valence-electron chi connectivity index (χ0n) is 9.38. The molecule has 0 heterocycles. The fourth-order valence-corrected chi connectivity index (χ4v) is 0.970. The fraction of sp³-hybridized carbons (Fsp3) is 0.417. The molecule has 0 spiro atoms. The van der Waals surface area contributed by atoms with Crippen molar-refractivity contribution in [2.45, 2.75) is 20.3 Å². The maximum Gasteiger partial charge on any atom is 0.0261 e. The third-order valence-corrected chi connectivity index (χ3v) is 1.71. The van der Waals surface area contributed by atoms with Gasteiger partial charge in [0.1, 0.15) is 0 Å². The van der Waals surface area contributed by atoms with Gasteiger partial charge in [0, 0.05) is 19.0 Å². The number of hydrogen-bond donors (Lipinski definition) is 1. The van der Waals surface area contributed by atoms with Crippen LogP contribution in [0.1, 0.15) is 20.3 Å². The minimum absolute atomic E-state index is 0.948. The molecule has 0 atom stereocenters. The van der Waals surface area contributed by atoms with Gasteiger partial charge in [-0.25, -0.2) is 0 Å². The van der Waals surface area contributed by atoms with Gasteiger partial charge in [0.2, 0.25) is 0 Å². The molecule has 0 aromatic heterocycles. The zero-order chi connectivity index (χ0) is 10.8. The monoisotopic (exact) mass is 192 g/mol. The molecule has 0 aromatic rings. The Hall–Kier alpha value is -1.15. The maximum atomic E-state index is 4.06. The van der Waals surface area contributed by atoms with E-state index < -0.39 is 0 Å². The van der Waals surface area contributed by atoms with Gasteiger partial charge in [-0.3, -0.25) is 4.99 Å². The van der Waals surface area contributed by atoms with Crippen molar-refractivity contribution in [3.63, 3.8) is 0 Å². The molecule has 0 unspecified atom stereocenters. The van der Waals surface area contributed by atoms with E-state index in [9.17, 15) is 0 Å². The first-order chi connectivity index (χ1) is 6.70. The van der Waals surface area contributed by atoms with Crippen molar-refractivity contribution in [1.29, 1.82) is 0 Å². The molecular weight excluding hydrogens is 172 g/mol. The number of allylic oxidation sites excluding steroid dienone is 3. The molecule has 0 saturated heterocycles. The van der Waals surface area contributed by atoms with Crippen LogP contribution in [0.2, 0.25) is 0 Å². The molecule has 0 saturated carbocycles. The Bertz CT molecular complexity index is 247. The topological polar surface area (TPSA) is 24.4 Å². The molecule has 0 amide bonds. The number of nitrogens with one attached hydrogen (secondary N) is 1. The lowest BCUT2D eigenvalue weighted by molar-refractivity contribution is 0.874. The van der Waals surface area contributed by atoms with Gasteiger partial charge in [-0.05, 0) is 27.3 Å². The molecule has 0 aliphatic rings. The zero-order valence-corrected chi connectivity index (χ0v) is 9.38. The summed E-state index contributed by atoms with van der Waals surface area (Å²) in [6.45, 7) is 8.70. The number of hydrogen-bond acceptors (Lipinski definition) is 2. The first kappa shape index (κ1) is 12.8. The molecule has 0 radical (unpaired) electrons. The molecule has 0 fully saturated rings. The van der Waals surface area contributed by atoms with Crippen LogP contribution in [0.15, 0.2) is 41.1 Å². The summed E-state index contributed by atoms with van der Waals surface area (Å²) in [5.41, 5.74) is 2.60. The summed E-state index contributed by atoms with van der Waals surface area (Å²) in [6.07, 6.45) is 8.40. The first-order valence-corrected chi connectivity index (χ1v) is 4.80. The highest BCUT2D eigenvalue weighted by Gasteiger charge is 1.88. The van der Waals surface area contributed by atoms with E-state index >= 15 is 0 Å². The van der Waals surface area contributed by atoms with Gasteiger partial charge in [0.05, 0.1) is 0 Å². The highest BCUT2D eigenvalue weighted by atomic mass is 14.8. The van der Waals surface area contributed by atoms with E-state index in [2.05, 4.69) is 36.8 Å². The Labute approximate surface area is 87.1 Å². The Morgan fingerprint density at radius 1 is 1.36 bits per heavy atom. The van der Waals surface area contributed by atoms with Gasteiger partial charge in [-0.1, -0.05) is 29.9 Å². The van der Waals surface area contributed by atoms with E-state index in [0.29, 0.717) is 0 Å². The lowest BCUT2D eigenvalue weighted by atomic mass is 10.1. The van der Waals surface area contributed by atoms with E-state index in [1.165, 1.54) is 11.1 Å². The fourth-order valence-electron chi connectivity index (χ4n) is 0.970. The second-order valence-corrected chi connectivity index (χ2v) is 3.29. The van der Waals surface area contributed by atoms with Gasteiger partial charge in [-0.2, -0.15) is 0 Å². The standard InChI is InChI=1S/C12H20N2/c1-5-8-14-10-12(3)7-6-11(2)9-13-4/h5-6,8,10,13H,1,7,9H2,2-4H3/b11-6+,12-10+,14-8?. The number of likely N-dealkylation sites (N-methyl/N-ethyl adjacent to an activating group) is 1. The van der Waals surface area contributed by atoms with E-state index in [-0.39, 0.29) is 0 Å². The maximum absolute atomic E-state index is 4.06. The molecule has 78 valence electrons. The number of nitrogens with zero attached hydrogens (tertiary/aromatic N) is 1. The lowest BCUT2D eigenvalue weighted by Gasteiger charge is -1.99. The highest BCUT2D eigenvalue weighted by Crippen LogP contribution is 2.03. The number of rotatable bonds is 6. The van der Waals surface area contributed by atoms with Crippen LogP contribution in [-0.2, 0) is 0 Å². The molecule has 0 aliphatic heterocycles. The Balaban J connectivity index is 3.99. The van der Waals surface area contributed by atoms with Crippen molar-refractivity contribution < 1.29 is 0 Å². The Kier molecular flexibility index (Phi) is 7.75. The van der Waals surface area contributed by atoms with Crippen molar-refractivity contribution >= 4 is 6.21 Å². The second kappa shape index (κ2) is 8.45. The van der Waals surface area contributed by atoms with E-state index in [0.717, 1.165) is 13.0 Å². The predicted octanol–water partition coefficient (Wildman–Crippen LogP) is 2.70. The Morgan fingerprint density at radius 3 is 2.64 bits per heavy atom. The van der Waals surface area contributed by atoms with Crippen molar-refractivity contribution in [1.82, 2.24) is 5.32 Å². The van der Waals surface area contributed by atoms with E-state index in [1.807, 2.05) is 13.2 Å². The van der Waals surface area contributed by atoms with Gasteiger partial charge in [0.25, 0.3) is 0 Å². The van der Waals surface area contributed by atoms with Crippen molar-refractivity contribution in [3.05, 3.63) is 36.1 Å². The third kappa shape index (κ3) is 7.50. The predicted molar refractivity (Wildman–Crippen MR) is 64.7 cm³/mol. The summed E-state index contributed by atoms with van der Waals surface area (Å²) in [6, 6.07) is 0. The van der Waals surface area contributed by atoms with Crippen molar-refractivity contribution in [2.75, 3.05) is 13.6 Å². The van der Waals surface area contributed by atoms with Gasteiger partial charge < -0.3 is 5.32 Å². The van der Waals surface area contributed by atoms with Gasteiger partial charge in [0.15, 0.2) is 0 Å². The van der Waals surface area contributed by atoms with Crippen LogP contribution in [0.25, 0.3) is 0 Å². The molecule has 2 heteroatoms. The average molecular weight is 192 g/mol. The SMILES string of the molecule is C=CC=N/C=C(\C)C/C=C(\C)CNC. The van der Waals surface area contributed by atoms with Crippen LogP contribution < -0.4 is 5.32 Å². The average Bonchev–Trinajstić information content (AvgIpc) is 2.16. The summed E-state index contributed by atoms with van der Waals surface area (Å²) in [7, 11) is 1.95. The summed E-state index contributed by atoms with van der Waals surface area (Å²) < 4.78 is 0. The summed E-state index contributed by atoms with van der Waals surface area (Å²) in [5, 5.41) is 3.11. The molecule has 0 bridgehead atoms. The van der Waals surface area contributed by atoms with Crippen molar-refractivity contribution in [3.8, 4) is 0 Å². The summed E-state index contributed by atoms with van der Waals surface area (Å²) in [5.74, 6) is 0. The minimum Gasteiger partial charge on any atom is -0.316 e. The molecule has 1 N–H and O–H groups in total. The normalized spacial score (nSPS) is 13.6. The quantitative estimate of drug-likeness (QED) is 0.508. The Morgan fingerprint density at radius 2 is 2.07 bits per heavy atom. The summed E-state index contributed by atoms with van der Waals surface area (Å²) >= 11 is 0. The molecule has 0 aliphatic carbocycles. The largest absolute Gasteiger partial charge is 0.316 e. The van der Waals surface area contributed by atoms with E-state index in [4.69, 9.17) is 0 Å². The lowest BCUT2D eigenvalue weighted by Crippen LogP contribution is -2.08. The molecule has 14 heavy (non-hydrogen) atoms. The van der Waals surface area contributed by atoms with Crippen molar-refractivity contribution in [2.24, 2.45) is 4.99 Å². The second-order valence-electron chi connectivity index (χ2n) is 3.29. The molecular formula is C12H20N2. The van der Waals surface area contributed by atoms with Crippen LogP contribution in [0.5, 0.6) is 0 Å². The summed E-state index contributed by atoms with van der Waals surface area (Å²) in [4.78, 5) is 4.06. The van der Waals surface area contributed by atoms with Gasteiger partial charge >= 0.3 is 0 Å². The number of aliphatic imine (C=N–C) groups is 1. The molecule has 0 rings (SSSR count). The van der Waals surface area contributed by atoms with Crippen LogP contribution in [0.3, 0.4) is 0 Å². The van der Waals surface area contributed by atoms with Gasteiger partial charge in [-0.15, -0.1) is 0 Å². The minimum atomic E-state index is 0.948. The third-order valence-electron chi connectivity index (χ3n) is 1.71. The van der Waals surface area contributed by atoms with Crippen LogP contribution in [-0.4, -0.2) is 19.8 Å². The highest BCUT2D eigenvalue weighted by molar-refractivity contribution is 5.70. The van der Waals surface area contributed by atoms with Crippen LogP contribution >= 0.6 is 0 Å². The van der Waals surface area contributed by atoms with E-state index in [1.54, 1.807) is 12.3 Å². The smallest absolute Gasteiger partial charge is 0.0261 e. The molecule has 0 aromatic carbocycles. The first-order valence-electron chi connectivity index (χ1n) is 4.80. The van der Waals surface area contributed by atoms with Crippen LogP contribution in [0, 0.1) is 0 Å². The molecule has 2 nitrogen and oxygen atoms in total.